The van der Waals surface area contributed by atoms with E-state index in [0.717, 1.165) is 89.9 Å². The van der Waals surface area contributed by atoms with Crippen molar-refractivity contribution in [3.63, 3.8) is 0 Å². The highest BCUT2D eigenvalue weighted by atomic mass is 16.7. The first-order valence-electron chi connectivity index (χ1n) is 17.3. The molecule has 7 atom stereocenters. The Hall–Kier alpha value is -1.85. The van der Waals surface area contributed by atoms with Crippen molar-refractivity contribution in [2.75, 3.05) is 13.2 Å². The van der Waals surface area contributed by atoms with E-state index in [4.69, 9.17) is 9.47 Å². The van der Waals surface area contributed by atoms with Gasteiger partial charge in [0.05, 0.1) is 25.4 Å². The van der Waals surface area contributed by atoms with Gasteiger partial charge in [0.2, 0.25) is 5.91 Å². The number of aliphatic hydroxyl groups is 5. The fourth-order valence-electron chi connectivity index (χ4n) is 5.09. The smallest absolute Gasteiger partial charge is 0.220 e. The van der Waals surface area contributed by atoms with Crippen molar-refractivity contribution in [3.05, 3.63) is 48.6 Å². The van der Waals surface area contributed by atoms with Crippen LogP contribution in [-0.2, 0) is 14.3 Å². The molecule has 45 heavy (non-hydrogen) atoms. The summed E-state index contributed by atoms with van der Waals surface area (Å²) in [6.07, 6.45) is 24.5. The fourth-order valence-corrected chi connectivity index (χ4v) is 5.09. The summed E-state index contributed by atoms with van der Waals surface area (Å²) < 4.78 is 11.1. The van der Waals surface area contributed by atoms with E-state index in [2.05, 4.69) is 67.8 Å². The van der Waals surface area contributed by atoms with Crippen LogP contribution in [0.4, 0.5) is 0 Å². The SMILES string of the molecule is CC/C=C\C/C=C\C/C=C\C/C=C\CCCCCCC(=O)NC(COC1OC(CO)C(O)C(O)C1O)C(O)CCCCCCC. The molecule has 1 aliphatic rings. The van der Waals surface area contributed by atoms with Gasteiger partial charge in [-0.25, -0.2) is 0 Å². The van der Waals surface area contributed by atoms with Gasteiger partial charge < -0.3 is 40.3 Å². The van der Waals surface area contributed by atoms with Crippen molar-refractivity contribution in [2.24, 2.45) is 0 Å². The minimum atomic E-state index is -1.56. The topological polar surface area (TPSA) is 149 Å². The van der Waals surface area contributed by atoms with Crippen LogP contribution in [0.25, 0.3) is 0 Å². The van der Waals surface area contributed by atoms with E-state index in [1.165, 1.54) is 0 Å². The summed E-state index contributed by atoms with van der Waals surface area (Å²) in [6.45, 7) is 3.57. The highest BCUT2D eigenvalue weighted by molar-refractivity contribution is 5.76. The summed E-state index contributed by atoms with van der Waals surface area (Å²) in [4.78, 5) is 12.8. The third kappa shape index (κ3) is 19.4. The lowest BCUT2D eigenvalue weighted by atomic mass is 9.99. The average molecular weight is 638 g/mol. The second-order valence-corrected chi connectivity index (χ2v) is 11.9. The van der Waals surface area contributed by atoms with Crippen molar-refractivity contribution in [2.45, 2.75) is 159 Å². The van der Waals surface area contributed by atoms with Crippen LogP contribution < -0.4 is 5.32 Å². The fraction of sp³-hybridized carbons (Fsp3) is 0.750. The average Bonchev–Trinajstić information content (AvgIpc) is 3.03. The lowest BCUT2D eigenvalue weighted by molar-refractivity contribution is -0.302. The predicted octanol–water partition coefficient (Wildman–Crippen LogP) is 5.15. The second-order valence-electron chi connectivity index (χ2n) is 11.9. The van der Waals surface area contributed by atoms with Gasteiger partial charge in [-0.05, 0) is 51.4 Å². The van der Waals surface area contributed by atoms with Crippen molar-refractivity contribution in [3.8, 4) is 0 Å². The molecule has 1 rings (SSSR count). The molecule has 0 radical (unpaired) electrons. The van der Waals surface area contributed by atoms with Gasteiger partial charge in [-0.2, -0.15) is 0 Å². The van der Waals surface area contributed by atoms with Gasteiger partial charge in [0, 0.05) is 6.42 Å². The van der Waals surface area contributed by atoms with Crippen LogP contribution in [0.3, 0.4) is 0 Å². The quantitative estimate of drug-likeness (QED) is 0.0563. The van der Waals surface area contributed by atoms with E-state index in [0.29, 0.717) is 12.8 Å². The Labute approximate surface area is 272 Å². The lowest BCUT2D eigenvalue weighted by Crippen LogP contribution is -2.60. The molecule has 9 nitrogen and oxygen atoms in total. The molecule has 0 aromatic carbocycles. The molecule has 260 valence electrons. The van der Waals surface area contributed by atoms with Crippen LogP contribution in [0, 0.1) is 0 Å². The Morgan fingerprint density at radius 1 is 0.778 bits per heavy atom. The first kappa shape index (κ1) is 41.2. The molecule has 0 spiro atoms. The van der Waals surface area contributed by atoms with Crippen LogP contribution >= 0.6 is 0 Å². The van der Waals surface area contributed by atoms with E-state index in [-0.39, 0.29) is 12.5 Å². The van der Waals surface area contributed by atoms with Gasteiger partial charge >= 0.3 is 0 Å². The Balaban J connectivity index is 2.38. The maximum Gasteiger partial charge on any atom is 0.220 e. The minimum absolute atomic E-state index is 0.153. The number of carbonyl (C=O) groups excluding carboxylic acids is 1. The maximum atomic E-state index is 12.8. The van der Waals surface area contributed by atoms with E-state index in [1.807, 2.05) is 0 Å². The van der Waals surface area contributed by atoms with Crippen LogP contribution in [0.2, 0.25) is 0 Å². The van der Waals surface area contributed by atoms with Crippen molar-refractivity contribution in [1.82, 2.24) is 5.32 Å². The van der Waals surface area contributed by atoms with Crippen molar-refractivity contribution in [1.29, 1.82) is 0 Å². The number of hydrogen-bond donors (Lipinski definition) is 6. The third-order valence-corrected chi connectivity index (χ3v) is 7.95. The summed E-state index contributed by atoms with van der Waals surface area (Å²) in [6, 6.07) is -0.728. The zero-order valence-corrected chi connectivity index (χ0v) is 27.8. The molecule has 1 heterocycles. The normalized spacial score (nSPS) is 23.9. The van der Waals surface area contributed by atoms with Crippen LogP contribution in [0.1, 0.15) is 117 Å². The van der Waals surface area contributed by atoms with E-state index >= 15 is 0 Å². The molecule has 0 saturated carbocycles. The Kier molecular flexibility index (Phi) is 25.0. The summed E-state index contributed by atoms with van der Waals surface area (Å²) in [7, 11) is 0. The number of unbranched alkanes of at least 4 members (excludes halogenated alkanes) is 8. The van der Waals surface area contributed by atoms with Gasteiger partial charge in [0.15, 0.2) is 6.29 Å². The van der Waals surface area contributed by atoms with Crippen LogP contribution in [-0.4, -0.2) is 87.5 Å². The predicted molar refractivity (Wildman–Crippen MR) is 179 cm³/mol. The minimum Gasteiger partial charge on any atom is -0.394 e. The summed E-state index contributed by atoms with van der Waals surface area (Å²) in [5.74, 6) is -0.179. The highest BCUT2D eigenvalue weighted by Crippen LogP contribution is 2.22. The maximum absolute atomic E-state index is 12.8. The number of rotatable bonds is 26. The molecule has 7 unspecified atom stereocenters. The number of hydrogen-bond acceptors (Lipinski definition) is 8. The highest BCUT2D eigenvalue weighted by Gasteiger charge is 2.44. The first-order valence-corrected chi connectivity index (χ1v) is 17.3. The first-order chi connectivity index (χ1) is 21.8. The van der Waals surface area contributed by atoms with Gasteiger partial charge in [0.25, 0.3) is 0 Å². The second kappa shape index (κ2) is 27.3. The number of aliphatic hydroxyl groups excluding tert-OH is 5. The lowest BCUT2D eigenvalue weighted by Gasteiger charge is -2.40. The molecule has 0 aromatic rings. The van der Waals surface area contributed by atoms with E-state index in [1.54, 1.807) is 0 Å². The molecule has 0 bridgehead atoms. The van der Waals surface area contributed by atoms with Gasteiger partial charge in [-0.15, -0.1) is 0 Å². The summed E-state index contributed by atoms with van der Waals surface area (Å²) >= 11 is 0. The van der Waals surface area contributed by atoms with E-state index in [9.17, 15) is 30.3 Å². The Bertz CT molecular complexity index is 843. The van der Waals surface area contributed by atoms with Crippen LogP contribution in [0.5, 0.6) is 0 Å². The molecular weight excluding hydrogens is 574 g/mol. The van der Waals surface area contributed by atoms with E-state index < -0.39 is 49.5 Å². The molecular formula is C36H63NO8. The molecule has 1 aliphatic heterocycles. The standard InChI is InChI=1S/C36H63NO8/c1-3-5-7-9-10-11-12-13-14-15-16-17-18-19-20-22-24-26-32(40)37-29(30(39)25-23-21-8-6-4-2)28-44-36-35(43)34(42)33(41)31(27-38)45-36/h5,7,10-11,13-14,16-17,29-31,33-36,38-39,41-43H,3-4,6,8-9,12,15,18-28H2,1-2H3,(H,37,40)/b7-5-,11-10-,14-13-,17-16-. The Morgan fingerprint density at radius 3 is 2.02 bits per heavy atom. The van der Waals surface area contributed by atoms with Gasteiger partial charge in [-0.3, -0.25) is 4.79 Å². The molecule has 1 fully saturated rings. The molecule has 0 aromatic heterocycles. The van der Waals surface area contributed by atoms with Crippen LogP contribution in [0.15, 0.2) is 48.6 Å². The number of allylic oxidation sites excluding steroid dienone is 8. The molecule has 1 saturated heterocycles. The van der Waals surface area contributed by atoms with Gasteiger partial charge in [0.1, 0.15) is 24.4 Å². The molecule has 9 heteroatoms. The zero-order chi connectivity index (χ0) is 33.1. The number of ether oxygens (including phenoxy) is 2. The number of nitrogens with one attached hydrogen (secondary N) is 1. The van der Waals surface area contributed by atoms with Gasteiger partial charge in [-0.1, -0.05) is 107 Å². The third-order valence-electron chi connectivity index (χ3n) is 7.95. The number of amides is 1. The van der Waals surface area contributed by atoms with Crippen molar-refractivity contribution >= 4 is 5.91 Å². The largest absolute Gasteiger partial charge is 0.394 e. The Morgan fingerprint density at radius 2 is 1.38 bits per heavy atom. The number of carbonyl (C=O) groups is 1. The summed E-state index contributed by atoms with van der Waals surface area (Å²) in [5.41, 5.74) is 0. The monoisotopic (exact) mass is 637 g/mol. The van der Waals surface area contributed by atoms with Crippen molar-refractivity contribution < 1.29 is 39.8 Å². The molecule has 0 aliphatic carbocycles. The molecule has 6 N–H and O–H groups in total. The zero-order valence-electron chi connectivity index (χ0n) is 27.8. The molecule has 1 amide bonds. The summed E-state index contributed by atoms with van der Waals surface area (Å²) in [5, 5.41) is 53.5.